The van der Waals surface area contributed by atoms with Gasteiger partial charge in [-0.2, -0.15) is 0 Å². The quantitative estimate of drug-likeness (QED) is 0.507. The number of rotatable bonds is 5. The molecule has 0 aromatic heterocycles. The molecule has 0 bridgehead atoms. The lowest BCUT2D eigenvalue weighted by Crippen LogP contribution is -2.30. The van der Waals surface area contributed by atoms with Gasteiger partial charge < -0.3 is 10.1 Å². The summed E-state index contributed by atoms with van der Waals surface area (Å²) in [5.74, 6) is -1.27. The molecule has 1 N–H and O–H groups in total. The van der Waals surface area contributed by atoms with Crippen LogP contribution in [-0.2, 0) is 9.53 Å². The summed E-state index contributed by atoms with van der Waals surface area (Å²) in [5, 5.41) is 13.6. The Bertz CT molecular complexity index is 776. The molecule has 1 amide bonds. The number of nitro groups is 1. The van der Waals surface area contributed by atoms with Crippen molar-refractivity contribution < 1.29 is 19.2 Å². The van der Waals surface area contributed by atoms with Crippen LogP contribution in [0.4, 0.5) is 11.4 Å². The van der Waals surface area contributed by atoms with Crippen molar-refractivity contribution in [2.24, 2.45) is 0 Å². The van der Waals surface area contributed by atoms with Crippen molar-refractivity contribution in [3.63, 3.8) is 0 Å². The minimum Gasteiger partial charge on any atom is -0.449 e. The summed E-state index contributed by atoms with van der Waals surface area (Å²) < 4.78 is 5.05. The maximum absolute atomic E-state index is 12.0. The van der Waals surface area contributed by atoms with E-state index in [1.165, 1.54) is 31.2 Å². The van der Waals surface area contributed by atoms with Crippen LogP contribution in [0.1, 0.15) is 17.3 Å². The summed E-state index contributed by atoms with van der Waals surface area (Å²) in [4.78, 5) is 34.0. The number of hydrogen-bond donors (Lipinski definition) is 1. The van der Waals surface area contributed by atoms with Gasteiger partial charge in [-0.3, -0.25) is 14.9 Å². The first-order chi connectivity index (χ1) is 11.4. The molecule has 0 aliphatic rings. The maximum atomic E-state index is 12.0. The van der Waals surface area contributed by atoms with E-state index < -0.39 is 22.9 Å². The first-order valence-electron chi connectivity index (χ1n) is 6.88. The van der Waals surface area contributed by atoms with Crippen molar-refractivity contribution in [2.45, 2.75) is 13.0 Å². The van der Waals surface area contributed by atoms with Crippen LogP contribution >= 0.6 is 11.6 Å². The van der Waals surface area contributed by atoms with Gasteiger partial charge in [0.1, 0.15) is 0 Å². The molecule has 0 saturated carbocycles. The van der Waals surface area contributed by atoms with E-state index in [2.05, 4.69) is 5.32 Å². The Hall–Kier alpha value is -2.93. The molecule has 0 unspecified atom stereocenters. The number of carbonyl (C=O) groups excluding carboxylic acids is 2. The van der Waals surface area contributed by atoms with Crippen LogP contribution in [0, 0.1) is 10.1 Å². The van der Waals surface area contributed by atoms with Gasteiger partial charge in [0, 0.05) is 22.8 Å². The fraction of sp³-hybridized carbons (Fsp3) is 0.125. The second kappa shape index (κ2) is 7.56. The van der Waals surface area contributed by atoms with Gasteiger partial charge in [0.2, 0.25) is 0 Å². The Kier molecular flexibility index (Phi) is 5.49. The number of ether oxygens (including phenoxy) is 1. The molecule has 0 heterocycles. The highest BCUT2D eigenvalue weighted by atomic mass is 35.5. The minimum absolute atomic E-state index is 0.114. The number of esters is 1. The van der Waals surface area contributed by atoms with Crippen LogP contribution in [-0.4, -0.2) is 22.9 Å². The Morgan fingerprint density at radius 3 is 2.46 bits per heavy atom. The highest BCUT2D eigenvalue weighted by Crippen LogP contribution is 2.16. The average Bonchev–Trinajstić information content (AvgIpc) is 2.54. The molecule has 124 valence electrons. The van der Waals surface area contributed by atoms with Gasteiger partial charge in [-0.25, -0.2) is 4.79 Å². The van der Waals surface area contributed by atoms with E-state index in [4.69, 9.17) is 16.3 Å². The normalized spacial score (nSPS) is 11.4. The standard InChI is InChI=1S/C16H13ClN2O5/c1-10(15(20)18-13-4-2-3-12(17)9-13)24-16(21)11-5-7-14(8-6-11)19(22)23/h2-10H,1H3,(H,18,20)/t10-/m0/s1. The Morgan fingerprint density at radius 2 is 1.88 bits per heavy atom. The number of nitrogens with one attached hydrogen (secondary N) is 1. The van der Waals surface area contributed by atoms with Crippen LogP contribution in [0.2, 0.25) is 5.02 Å². The van der Waals surface area contributed by atoms with E-state index in [0.717, 1.165) is 0 Å². The number of benzene rings is 2. The number of amides is 1. The van der Waals surface area contributed by atoms with Crippen molar-refractivity contribution in [1.29, 1.82) is 0 Å². The van der Waals surface area contributed by atoms with Crippen molar-refractivity contribution in [2.75, 3.05) is 5.32 Å². The predicted octanol–water partition coefficient (Wildman–Crippen LogP) is 3.43. The Balaban J connectivity index is 1.97. The summed E-state index contributed by atoms with van der Waals surface area (Å²) in [7, 11) is 0. The number of non-ortho nitro benzene ring substituents is 1. The fourth-order valence-electron chi connectivity index (χ4n) is 1.81. The van der Waals surface area contributed by atoms with E-state index in [9.17, 15) is 19.7 Å². The Labute approximate surface area is 142 Å². The van der Waals surface area contributed by atoms with Gasteiger partial charge in [0.05, 0.1) is 10.5 Å². The maximum Gasteiger partial charge on any atom is 0.338 e. The lowest BCUT2D eigenvalue weighted by Gasteiger charge is -2.13. The predicted molar refractivity (Wildman–Crippen MR) is 88.1 cm³/mol. The van der Waals surface area contributed by atoms with E-state index >= 15 is 0 Å². The molecule has 2 rings (SSSR count). The van der Waals surface area contributed by atoms with Crippen molar-refractivity contribution >= 4 is 34.9 Å². The molecule has 7 nitrogen and oxygen atoms in total. The SMILES string of the molecule is C[C@H](OC(=O)c1ccc([N+](=O)[O-])cc1)C(=O)Nc1cccc(Cl)c1. The molecular weight excluding hydrogens is 336 g/mol. The van der Waals surface area contributed by atoms with Crippen molar-refractivity contribution in [3.8, 4) is 0 Å². The highest BCUT2D eigenvalue weighted by Gasteiger charge is 2.19. The van der Waals surface area contributed by atoms with Gasteiger partial charge in [-0.05, 0) is 37.3 Å². The van der Waals surface area contributed by atoms with Crippen molar-refractivity contribution in [1.82, 2.24) is 0 Å². The number of halogens is 1. The first kappa shape index (κ1) is 17.4. The van der Waals surface area contributed by atoms with Crippen LogP contribution in [0.3, 0.4) is 0 Å². The molecule has 0 saturated heterocycles. The molecule has 0 aliphatic heterocycles. The first-order valence-corrected chi connectivity index (χ1v) is 7.26. The van der Waals surface area contributed by atoms with Gasteiger partial charge in [0.15, 0.2) is 6.10 Å². The van der Waals surface area contributed by atoms with Crippen LogP contribution in [0.5, 0.6) is 0 Å². The minimum atomic E-state index is -1.05. The zero-order valence-electron chi connectivity index (χ0n) is 12.6. The largest absolute Gasteiger partial charge is 0.449 e. The fourth-order valence-corrected chi connectivity index (χ4v) is 2.00. The van der Waals surface area contributed by atoms with Gasteiger partial charge in [-0.1, -0.05) is 17.7 Å². The molecular formula is C16H13ClN2O5. The molecule has 0 radical (unpaired) electrons. The van der Waals surface area contributed by atoms with Gasteiger partial charge in [-0.15, -0.1) is 0 Å². The highest BCUT2D eigenvalue weighted by molar-refractivity contribution is 6.30. The second-order valence-corrected chi connectivity index (χ2v) is 5.29. The van der Waals surface area contributed by atoms with Crippen LogP contribution in [0.15, 0.2) is 48.5 Å². The van der Waals surface area contributed by atoms with Gasteiger partial charge >= 0.3 is 5.97 Å². The van der Waals surface area contributed by atoms with Crippen LogP contribution < -0.4 is 5.32 Å². The lowest BCUT2D eigenvalue weighted by molar-refractivity contribution is -0.384. The number of hydrogen-bond acceptors (Lipinski definition) is 5. The third kappa shape index (κ3) is 4.53. The average molecular weight is 349 g/mol. The second-order valence-electron chi connectivity index (χ2n) is 4.85. The molecule has 2 aromatic rings. The number of nitrogens with zero attached hydrogens (tertiary/aromatic N) is 1. The van der Waals surface area contributed by atoms with E-state index in [1.807, 2.05) is 0 Å². The number of anilines is 1. The summed E-state index contributed by atoms with van der Waals surface area (Å²) in [6, 6.07) is 11.4. The monoisotopic (exact) mass is 348 g/mol. The Morgan fingerprint density at radius 1 is 1.21 bits per heavy atom. The molecule has 8 heteroatoms. The smallest absolute Gasteiger partial charge is 0.338 e. The third-order valence-corrected chi connectivity index (χ3v) is 3.29. The summed E-state index contributed by atoms with van der Waals surface area (Å²) in [6.45, 7) is 1.42. The summed E-state index contributed by atoms with van der Waals surface area (Å²) >= 11 is 5.82. The van der Waals surface area contributed by atoms with E-state index in [-0.39, 0.29) is 11.3 Å². The topological polar surface area (TPSA) is 98.5 Å². The van der Waals surface area contributed by atoms with Crippen molar-refractivity contribution in [3.05, 3.63) is 69.2 Å². The number of carbonyl (C=O) groups is 2. The lowest BCUT2D eigenvalue weighted by atomic mass is 10.2. The molecule has 24 heavy (non-hydrogen) atoms. The molecule has 0 aliphatic carbocycles. The van der Waals surface area contributed by atoms with Crippen LogP contribution in [0.25, 0.3) is 0 Å². The molecule has 2 aromatic carbocycles. The summed E-state index contributed by atoms with van der Waals surface area (Å²) in [5.41, 5.74) is 0.451. The van der Waals surface area contributed by atoms with Gasteiger partial charge in [0.25, 0.3) is 11.6 Å². The zero-order valence-corrected chi connectivity index (χ0v) is 13.3. The molecule has 1 atom stereocenters. The molecule has 0 spiro atoms. The zero-order chi connectivity index (χ0) is 17.7. The van der Waals surface area contributed by atoms with E-state index in [1.54, 1.807) is 24.3 Å². The molecule has 0 fully saturated rings. The summed E-state index contributed by atoms with van der Waals surface area (Å²) in [6.07, 6.45) is -1.05. The van der Waals surface area contributed by atoms with E-state index in [0.29, 0.717) is 10.7 Å². The number of nitro benzene ring substituents is 1. The third-order valence-electron chi connectivity index (χ3n) is 3.06.